The maximum Gasteiger partial charge on any atom is -0.0145 e. The van der Waals surface area contributed by atoms with E-state index in [1.165, 1.54) is 55.2 Å². The summed E-state index contributed by atoms with van der Waals surface area (Å²) in [4.78, 5) is 0. The van der Waals surface area contributed by atoms with Crippen LogP contribution in [0.25, 0.3) is 0 Å². The van der Waals surface area contributed by atoms with Gasteiger partial charge < -0.3 is 0 Å². The van der Waals surface area contributed by atoms with Gasteiger partial charge >= 0.3 is 0 Å². The van der Waals surface area contributed by atoms with E-state index in [-0.39, 0.29) is 0 Å². The first-order valence-electron chi connectivity index (χ1n) is 10.5. The molecule has 0 amide bonds. The maximum atomic E-state index is 4.38. The topological polar surface area (TPSA) is 0 Å². The maximum absolute atomic E-state index is 4.38. The lowest BCUT2D eigenvalue weighted by atomic mass is 9.71. The fourth-order valence-corrected chi connectivity index (χ4v) is 4.84. The van der Waals surface area contributed by atoms with Crippen LogP contribution in [0.2, 0.25) is 0 Å². The third-order valence-corrected chi connectivity index (χ3v) is 6.78. The first kappa shape index (κ1) is 20.3. The monoisotopic (exact) mass is 340 g/mol. The zero-order chi connectivity index (χ0) is 18.4. The highest BCUT2D eigenvalue weighted by molar-refractivity contribution is 5.20. The predicted octanol–water partition coefficient (Wildman–Crippen LogP) is 8.03. The lowest BCUT2D eigenvalue weighted by Gasteiger charge is -2.34. The van der Waals surface area contributed by atoms with E-state index >= 15 is 0 Å². The molecular weight excluding hydrogens is 300 g/mol. The van der Waals surface area contributed by atoms with Crippen LogP contribution in [0.5, 0.6) is 0 Å². The molecule has 0 heterocycles. The summed E-state index contributed by atoms with van der Waals surface area (Å²) in [5.41, 5.74) is 4.86. The fraction of sp³-hybridized carbons (Fsp3) is 0.680. The van der Waals surface area contributed by atoms with Gasteiger partial charge in [0.15, 0.2) is 0 Å². The van der Waals surface area contributed by atoms with Crippen molar-refractivity contribution in [1.29, 1.82) is 0 Å². The molecule has 25 heavy (non-hydrogen) atoms. The summed E-state index contributed by atoms with van der Waals surface area (Å²) in [7, 11) is 0. The average Bonchev–Trinajstić information content (AvgIpc) is 2.87. The van der Waals surface area contributed by atoms with Crippen molar-refractivity contribution in [3.05, 3.63) is 47.6 Å². The summed E-state index contributed by atoms with van der Waals surface area (Å²) in [6.07, 6.45) is 19.8. The van der Waals surface area contributed by atoms with Gasteiger partial charge in [0.25, 0.3) is 0 Å². The highest BCUT2D eigenvalue weighted by atomic mass is 14.5. The summed E-state index contributed by atoms with van der Waals surface area (Å²) in [6.45, 7) is 16.3. The van der Waals surface area contributed by atoms with Crippen LogP contribution in [0.3, 0.4) is 0 Å². The summed E-state index contributed by atoms with van der Waals surface area (Å²) in [5.74, 6) is 2.33. The van der Waals surface area contributed by atoms with Crippen LogP contribution >= 0.6 is 0 Å². The molecule has 3 atom stereocenters. The Balaban J connectivity index is 2.24. The number of fused-ring (bicyclic) bond motifs is 1. The van der Waals surface area contributed by atoms with Gasteiger partial charge in [-0.25, -0.2) is 0 Å². The first-order chi connectivity index (χ1) is 11.8. The summed E-state index contributed by atoms with van der Waals surface area (Å²) < 4.78 is 0. The molecule has 0 heteroatoms. The minimum atomic E-state index is 0.445. The van der Waals surface area contributed by atoms with E-state index in [9.17, 15) is 0 Å². The Morgan fingerprint density at radius 1 is 1.04 bits per heavy atom. The Bertz CT molecular complexity index is 542. The molecule has 1 saturated carbocycles. The van der Waals surface area contributed by atoms with Crippen molar-refractivity contribution in [2.45, 2.75) is 86.0 Å². The van der Waals surface area contributed by atoms with Gasteiger partial charge in [-0.15, -0.1) is 0 Å². The van der Waals surface area contributed by atoms with Crippen LogP contribution in [-0.2, 0) is 0 Å². The molecule has 0 aromatic rings. The van der Waals surface area contributed by atoms with Crippen LogP contribution in [-0.4, -0.2) is 0 Å². The Hall–Kier alpha value is -1.04. The molecule has 140 valence electrons. The van der Waals surface area contributed by atoms with Crippen molar-refractivity contribution in [2.75, 3.05) is 0 Å². The molecule has 2 rings (SSSR count). The van der Waals surface area contributed by atoms with Gasteiger partial charge in [0.05, 0.1) is 0 Å². The van der Waals surface area contributed by atoms with Crippen LogP contribution < -0.4 is 0 Å². The van der Waals surface area contributed by atoms with Crippen molar-refractivity contribution in [2.24, 2.45) is 23.2 Å². The zero-order valence-electron chi connectivity index (χ0n) is 17.4. The lowest BCUT2D eigenvalue weighted by molar-refractivity contribution is 0.198. The highest BCUT2D eigenvalue weighted by Crippen LogP contribution is 2.53. The normalized spacial score (nSPS) is 38.1. The van der Waals surface area contributed by atoms with Crippen LogP contribution in [0.4, 0.5) is 0 Å². The molecular formula is C25H40. The highest BCUT2D eigenvalue weighted by Gasteiger charge is 2.44. The van der Waals surface area contributed by atoms with Crippen molar-refractivity contribution in [3.8, 4) is 0 Å². The van der Waals surface area contributed by atoms with Gasteiger partial charge in [-0.2, -0.15) is 0 Å². The van der Waals surface area contributed by atoms with E-state index in [2.05, 4.69) is 65.5 Å². The molecule has 0 bridgehead atoms. The summed E-state index contributed by atoms with van der Waals surface area (Å²) in [5, 5.41) is 0. The minimum Gasteiger partial charge on any atom is -0.0999 e. The Morgan fingerprint density at radius 2 is 1.76 bits per heavy atom. The molecule has 0 aliphatic heterocycles. The largest absolute Gasteiger partial charge is 0.0999 e. The Morgan fingerprint density at radius 3 is 2.48 bits per heavy atom. The van der Waals surface area contributed by atoms with Crippen molar-refractivity contribution >= 4 is 0 Å². The minimum absolute atomic E-state index is 0.445. The SMILES string of the molecule is C=C1CC/C=C(\C)CC/C=C(C)/C=C/[C@H]2[C@H](C(C)C)CC[C@]2(C)CC1. The predicted molar refractivity (Wildman–Crippen MR) is 113 cm³/mol. The molecule has 0 nitrogen and oxygen atoms in total. The third kappa shape index (κ3) is 5.73. The smallest absolute Gasteiger partial charge is 0.0145 e. The zero-order valence-corrected chi connectivity index (χ0v) is 17.4. The van der Waals surface area contributed by atoms with Gasteiger partial charge in [-0.05, 0) is 88.4 Å². The van der Waals surface area contributed by atoms with E-state index in [1.807, 2.05) is 0 Å². The number of hydrogen-bond acceptors (Lipinski definition) is 0. The second kappa shape index (κ2) is 9.06. The molecule has 2 aliphatic rings. The Kier molecular flexibility index (Phi) is 7.35. The number of allylic oxidation sites excluding steroid dienone is 7. The van der Waals surface area contributed by atoms with Crippen LogP contribution in [0.15, 0.2) is 47.6 Å². The van der Waals surface area contributed by atoms with Crippen molar-refractivity contribution < 1.29 is 0 Å². The van der Waals surface area contributed by atoms with Crippen molar-refractivity contribution in [1.82, 2.24) is 0 Å². The van der Waals surface area contributed by atoms with E-state index in [0.29, 0.717) is 11.3 Å². The molecule has 0 unspecified atom stereocenters. The molecule has 1 fully saturated rings. The number of hydrogen-bond donors (Lipinski definition) is 0. The molecule has 0 aromatic heterocycles. The lowest BCUT2D eigenvalue weighted by Crippen LogP contribution is -2.26. The standard InChI is InChI=1S/C25H40/c1-19(2)23-16-18-25(6)17-15-22(5)12-8-10-20(3)9-7-11-21(4)13-14-24(23)25/h10-11,13-14,19,23-24H,5,7-9,12,15-18H2,1-4,6H3/b14-13+,20-10+,21-11+/t23-,24-,25-/m0/s1. The molecule has 0 radical (unpaired) electrons. The summed E-state index contributed by atoms with van der Waals surface area (Å²) in [6, 6.07) is 0. The van der Waals surface area contributed by atoms with E-state index in [0.717, 1.165) is 24.7 Å². The molecule has 0 spiro atoms. The summed E-state index contributed by atoms with van der Waals surface area (Å²) >= 11 is 0. The van der Waals surface area contributed by atoms with E-state index < -0.39 is 0 Å². The Labute approximate surface area is 157 Å². The quantitative estimate of drug-likeness (QED) is 0.424. The molecule has 2 aliphatic carbocycles. The van der Waals surface area contributed by atoms with Crippen LogP contribution in [0, 0.1) is 23.2 Å². The molecule has 0 aromatic carbocycles. The van der Waals surface area contributed by atoms with Gasteiger partial charge in [0.1, 0.15) is 0 Å². The van der Waals surface area contributed by atoms with Gasteiger partial charge in [0.2, 0.25) is 0 Å². The average molecular weight is 341 g/mol. The number of rotatable bonds is 1. The van der Waals surface area contributed by atoms with Crippen LogP contribution in [0.1, 0.15) is 86.0 Å². The van der Waals surface area contributed by atoms with Gasteiger partial charge in [-0.1, -0.05) is 68.4 Å². The third-order valence-electron chi connectivity index (χ3n) is 6.78. The van der Waals surface area contributed by atoms with Gasteiger partial charge in [0, 0.05) is 0 Å². The van der Waals surface area contributed by atoms with Gasteiger partial charge in [-0.3, -0.25) is 0 Å². The molecule has 0 N–H and O–H groups in total. The van der Waals surface area contributed by atoms with E-state index in [1.54, 1.807) is 0 Å². The second-order valence-electron chi connectivity index (χ2n) is 9.31. The second-order valence-corrected chi connectivity index (χ2v) is 9.31. The van der Waals surface area contributed by atoms with Crippen molar-refractivity contribution in [3.63, 3.8) is 0 Å². The fourth-order valence-electron chi connectivity index (χ4n) is 4.84. The first-order valence-corrected chi connectivity index (χ1v) is 10.5. The molecule has 0 saturated heterocycles. The van der Waals surface area contributed by atoms with E-state index in [4.69, 9.17) is 0 Å².